The minimum Gasteiger partial charge on any atom is -0.419 e. The molecule has 0 N–H and O–H groups in total. The third kappa shape index (κ3) is 5.20. The van der Waals surface area contributed by atoms with Gasteiger partial charge in [-0.3, -0.25) is 4.79 Å². The van der Waals surface area contributed by atoms with Gasteiger partial charge in [0.1, 0.15) is 10.8 Å². The summed E-state index contributed by atoms with van der Waals surface area (Å²) in [6.45, 7) is 4.06. The van der Waals surface area contributed by atoms with Gasteiger partial charge in [0.25, 0.3) is 0 Å². The van der Waals surface area contributed by atoms with Crippen LogP contribution in [0.3, 0.4) is 0 Å². The minimum atomic E-state index is -0.298. The molecule has 0 bridgehead atoms. The van der Waals surface area contributed by atoms with Crippen LogP contribution < -0.4 is 0 Å². The van der Waals surface area contributed by atoms with Gasteiger partial charge in [-0.25, -0.2) is 9.37 Å². The lowest BCUT2D eigenvalue weighted by Gasteiger charge is -2.24. The number of hydrogen-bond donors (Lipinski definition) is 0. The van der Waals surface area contributed by atoms with Gasteiger partial charge in [-0.2, -0.15) is 0 Å². The standard InChI is InChI=1S/C23H20ClFN4O2S/c1-14(2)29(12-20-27-28-22(31-20)15-3-7-17(24)8-4-15)21(30)11-19-13-32-23(26-19)16-5-9-18(25)10-6-16/h3-10,13-14H,11-12H2,1-2H3. The number of carbonyl (C=O) groups is 1. The third-order valence-corrected chi connectivity index (χ3v) is 5.97. The number of hydrogen-bond acceptors (Lipinski definition) is 6. The van der Waals surface area contributed by atoms with E-state index in [4.69, 9.17) is 16.0 Å². The maximum absolute atomic E-state index is 13.1. The first kappa shape index (κ1) is 22.1. The van der Waals surface area contributed by atoms with E-state index in [2.05, 4.69) is 15.2 Å². The van der Waals surface area contributed by atoms with Crippen LogP contribution in [0.5, 0.6) is 0 Å². The largest absolute Gasteiger partial charge is 0.419 e. The molecule has 0 spiro atoms. The van der Waals surface area contributed by atoms with Crippen LogP contribution in [0.15, 0.2) is 58.3 Å². The summed E-state index contributed by atoms with van der Waals surface area (Å²) in [5, 5.41) is 11.4. The number of aromatic nitrogens is 3. The van der Waals surface area contributed by atoms with Crippen molar-refractivity contribution in [1.29, 1.82) is 0 Å². The molecule has 0 aliphatic rings. The molecular formula is C23H20ClFN4O2S. The molecule has 1 amide bonds. The lowest BCUT2D eigenvalue weighted by Crippen LogP contribution is -2.37. The first-order valence-electron chi connectivity index (χ1n) is 9.97. The summed E-state index contributed by atoms with van der Waals surface area (Å²) < 4.78 is 18.9. The highest BCUT2D eigenvalue weighted by molar-refractivity contribution is 7.13. The summed E-state index contributed by atoms with van der Waals surface area (Å²) >= 11 is 7.34. The van der Waals surface area contributed by atoms with E-state index in [0.29, 0.717) is 22.5 Å². The Kier molecular flexibility index (Phi) is 6.62. The van der Waals surface area contributed by atoms with Crippen LogP contribution in [0.1, 0.15) is 25.4 Å². The summed E-state index contributed by atoms with van der Waals surface area (Å²) in [6.07, 6.45) is 0.147. The van der Waals surface area contributed by atoms with Crippen molar-refractivity contribution in [3.05, 3.63) is 76.3 Å². The van der Waals surface area contributed by atoms with E-state index in [1.54, 1.807) is 41.3 Å². The monoisotopic (exact) mass is 470 g/mol. The fraction of sp³-hybridized carbons (Fsp3) is 0.217. The zero-order chi connectivity index (χ0) is 22.7. The normalized spacial score (nSPS) is 11.2. The van der Waals surface area contributed by atoms with Crippen molar-refractivity contribution in [2.24, 2.45) is 0 Å². The van der Waals surface area contributed by atoms with Gasteiger partial charge in [-0.05, 0) is 62.4 Å². The lowest BCUT2D eigenvalue weighted by atomic mass is 10.2. The first-order valence-corrected chi connectivity index (χ1v) is 11.2. The molecule has 4 rings (SSSR count). The quantitative estimate of drug-likeness (QED) is 0.350. The topological polar surface area (TPSA) is 72.1 Å². The Labute approximate surface area is 193 Å². The molecule has 164 valence electrons. The number of rotatable bonds is 7. The highest BCUT2D eigenvalue weighted by atomic mass is 35.5. The molecule has 0 aliphatic carbocycles. The van der Waals surface area contributed by atoms with Crippen LogP contribution >= 0.6 is 22.9 Å². The molecule has 0 unspecified atom stereocenters. The second kappa shape index (κ2) is 9.58. The smallest absolute Gasteiger partial charge is 0.247 e. The first-order chi connectivity index (χ1) is 15.4. The predicted octanol–water partition coefficient (Wildman–Crippen LogP) is 5.63. The van der Waals surface area contributed by atoms with E-state index in [1.807, 2.05) is 19.2 Å². The van der Waals surface area contributed by atoms with Gasteiger partial charge in [-0.15, -0.1) is 21.5 Å². The van der Waals surface area contributed by atoms with Gasteiger partial charge in [0, 0.05) is 27.6 Å². The predicted molar refractivity (Wildman–Crippen MR) is 122 cm³/mol. The van der Waals surface area contributed by atoms with Crippen molar-refractivity contribution in [2.75, 3.05) is 0 Å². The van der Waals surface area contributed by atoms with Gasteiger partial charge >= 0.3 is 0 Å². The second-order valence-electron chi connectivity index (χ2n) is 7.45. The number of benzene rings is 2. The van der Waals surface area contributed by atoms with Crippen LogP contribution in [0.25, 0.3) is 22.0 Å². The average molecular weight is 471 g/mol. The average Bonchev–Trinajstić information content (AvgIpc) is 3.42. The molecule has 9 heteroatoms. The van der Waals surface area contributed by atoms with Crippen molar-refractivity contribution in [3.8, 4) is 22.0 Å². The highest BCUT2D eigenvalue weighted by Gasteiger charge is 2.22. The van der Waals surface area contributed by atoms with E-state index in [9.17, 15) is 9.18 Å². The van der Waals surface area contributed by atoms with E-state index < -0.39 is 0 Å². The molecular weight excluding hydrogens is 451 g/mol. The number of thiazole rings is 1. The van der Waals surface area contributed by atoms with E-state index >= 15 is 0 Å². The number of carbonyl (C=O) groups excluding carboxylic acids is 1. The Hall–Kier alpha value is -3.10. The SMILES string of the molecule is CC(C)N(Cc1nnc(-c2ccc(Cl)cc2)o1)C(=O)Cc1csc(-c2ccc(F)cc2)n1. The van der Waals surface area contributed by atoms with Crippen molar-refractivity contribution in [1.82, 2.24) is 20.1 Å². The maximum Gasteiger partial charge on any atom is 0.247 e. The molecule has 6 nitrogen and oxygen atoms in total. The molecule has 2 aromatic carbocycles. The maximum atomic E-state index is 13.1. The molecule has 0 saturated carbocycles. The summed E-state index contributed by atoms with van der Waals surface area (Å²) in [5.41, 5.74) is 2.24. The molecule has 2 heterocycles. The van der Waals surface area contributed by atoms with E-state index in [-0.39, 0.29) is 30.7 Å². The number of halogens is 2. The number of nitrogens with zero attached hydrogens (tertiary/aromatic N) is 4. The van der Waals surface area contributed by atoms with Crippen molar-refractivity contribution in [2.45, 2.75) is 32.9 Å². The van der Waals surface area contributed by atoms with Crippen molar-refractivity contribution < 1.29 is 13.6 Å². The zero-order valence-corrected chi connectivity index (χ0v) is 19.0. The molecule has 0 atom stereocenters. The van der Waals surface area contributed by atoms with Gasteiger partial charge in [-0.1, -0.05) is 11.6 Å². The van der Waals surface area contributed by atoms with Crippen molar-refractivity contribution in [3.63, 3.8) is 0 Å². The van der Waals surface area contributed by atoms with Crippen molar-refractivity contribution >= 4 is 28.8 Å². The zero-order valence-electron chi connectivity index (χ0n) is 17.5. The third-order valence-electron chi connectivity index (χ3n) is 4.78. The lowest BCUT2D eigenvalue weighted by molar-refractivity contribution is -0.133. The molecule has 0 radical (unpaired) electrons. The van der Waals surface area contributed by atoms with Gasteiger partial charge < -0.3 is 9.32 Å². The Morgan fingerprint density at radius 3 is 2.47 bits per heavy atom. The van der Waals surface area contributed by atoms with Crippen LogP contribution in [-0.2, 0) is 17.8 Å². The second-order valence-corrected chi connectivity index (χ2v) is 8.75. The fourth-order valence-corrected chi connectivity index (χ4v) is 4.05. The summed E-state index contributed by atoms with van der Waals surface area (Å²) in [6, 6.07) is 13.2. The Bertz CT molecular complexity index is 1210. The van der Waals surface area contributed by atoms with E-state index in [0.717, 1.165) is 16.1 Å². The van der Waals surface area contributed by atoms with Crippen LogP contribution in [0, 0.1) is 5.82 Å². The highest BCUT2D eigenvalue weighted by Crippen LogP contribution is 2.25. The van der Waals surface area contributed by atoms with Gasteiger partial charge in [0.2, 0.25) is 17.7 Å². The molecule has 4 aromatic rings. The minimum absolute atomic E-state index is 0.0661. The van der Waals surface area contributed by atoms with Crippen LogP contribution in [0.4, 0.5) is 4.39 Å². The van der Waals surface area contributed by atoms with E-state index in [1.165, 1.54) is 23.5 Å². The summed E-state index contributed by atoms with van der Waals surface area (Å²) in [4.78, 5) is 19.2. The summed E-state index contributed by atoms with van der Waals surface area (Å²) in [7, 11) is 0. The Balaban J connectivity index is 1.44. The molecule has 2 aromatic heterocycles. The molecule has 0 fully saturated rings. The van der Waals surface area contributed by atoms with Gasteiger partial charge in [0.05, 0.1) is 18.7 Å². The number of amides is 1. The molecule has 32 heavy (non-hydrogen) atoms. The summed E-state index contributed by atoms with van der Waals surface area (Å²) in [5.74, 6) is 0.328. The van der Waals surface area contributed by atoms with Crippen LogP contribution in [0.2, 0.25) is 5.02 Å². The Morgan fingerprint density at radius 2 is 1.78 bits per heavy atom. The Morgan fingerprint density at radius 1 is 1.09 bits per heavy atom. The molecule has 0 saturated heterocycles. The van der Waals surface area contributed by atoms with Gasteiger partial charge in [0.15, 0.2) is 0 Å². The molecule has 0 aliphatic heterocycles. The fourth-order valence-electron chi connectivity index (χ4n) is 3.10. The van der Waals surface area contributed by atoms with Crippen LogP contribution in [-0.4, -0.2) is 32.0 Å².